The van der Waals surface area contributed by atoms with Crippen molar-refractivity contribution in [2.24, 2.45) is 0 Å². The highest BCUT2D eigenvalue weighted by Gasteiger charge is 2.16. The van der Waals surface area contributed by atoms with E-state index in [4.69, 9.17) is 15.0 Å². The lowest BCUT2D eigenvalue weighted by Gasteiger charge is -2.20. The second-order valence-corrected chi connectivity index (χ2v) is 6.61. The van der Waals surface area contributed by atoms with Gasteiger partial charge in [0.05, 0.1) is 5.52 Å². The van der Waals surface area contributed by atoms with Crippen LogP contribution in [0.4, 0.5) is 5.69 Å². The molecule has 0 radical (unpaired) electrons. The van der Waals surface area contributed by atoms with Crippen LogP contribution in [0, 0.1) is 18.3 Å². The molecule has 4 rings (SSSR count). The van der Waals surface area contributed by atoms with Gasteiger partial charge in [-0.05, 0) is 44.0 Å². The van der Waals surface area contributed by atoms with Crippen LogP contribution in [0.2, 0.25) is 0 Å². The van der Waals surface area contributed by atoms with Gasteiger partial charge in [0.15, 0.2) is 0 Å². The van der Waals surface area contributed by atoms with E-state index in [9.17, 15) is 0 Å². The molecule has 1 aliphatic heterocycles. The normalized spacial score (nSPS) is 13.3. The van der Waals surface area contributed by atoms with Crippen LogP contribution in [0.1, 0.15) is 29.8 Å². The number of pyridine rings is 2. The smallest absolute Gasteiger partial charge is 0.140 e. The van der Waals surface area contributed by atoms with E-state index in [1.807, 2.05) is 31.2 Å². The summed E-state index contributed by atoms with van der Waals surface area (Å²) < 4.78 is 5.90. The molecular formula is C21H21ClN4O. The Balaban J connectivity index is 0.00000210. The van der Waals surface area contributed by atoms with Crippen LogP contribution in [0.15, 0.2) is 42.6 Å². The summed E-state index contributed by atoms with van der Waals surface area (Å²) in [6.07, 6.45) is 4.18. The quantitative estimate of drug-likeness (QED) is 0.670. The predicted octanol–water partition coefficient (Wildman–Crippen LogP) is 4.41. The molecule has 0 aliphatic carbocycles. The summed E-state index contributed by atoms with van der Waals surface area (Å²) >= 11 is 0. The van der Waals surface area contributed by atoms with Crippen molar-refractivity contribution in [3.63, 3.8) is 0 Å². The van der Waals surface area contributed by atoms with Crippen molar-refractivity contribution < 1.29 is 4.74 Å². The molecule has 3 aromatic rings. The highest BCUT2D eigenvalue weighted by Crippen LogP contribution is 2.31. The topological polar surface area (TPSA) is 62.0 Å². The van der Waals surface area contributed by atoms with E-state index in [-0.39, 0.29) is 12.4 Å². The lowest BCUT2D eigenvalue weighted by Crippen LogP contribution is -2.18. The summed E-state index contributed by atoms with van der Waals surface area (Å²) in [5.74, 6) is 0.785. The molecule has 0 bridgehead atoms. The fourth-order valence-corrected chi connectivity index (χ4v) is 3.37. The number of ether oxygens (including phenoxy) is 1. The Morgan fingerprint density at radius 2 is 1.96 bits per heavy atom. The Morgan fingerprint density at radius 3 is 2.67 bits per heavy atom. The zero-order valence-corrected chi connectivity index (χ0v) is 16.0. The number of benzene rings is 1. The molecule has 1 fully saturated rings. The number of aryl methyl sites for hydroxylation is 1. The maximum Gasteiger partial charge on any atom is 0.140 e. The summed E-state index contributed by atoms with van der Waals surface area (Å²) in [4.78, 5) is 11.2. The molecule has 3 heterocycles. The van der Waals surface area contributed by atoms with E-state index < -0.39 is 0 Å². The van der Waals surface area contributed by atoms with Crippen LogP contribution in [0.25, 0.3) is 10.9 Å². The fraction of sp³-hybridized carbons (Fsp3) is 0.286. The monoisotopic (exact) mass is 380 g/mol. The largest absolute Gasteiger partial charge is 0.489 e. The van der Waals surface area contributed by atoms with Crippen molar-refractivity contribution in [2.75, 3.05) is 18.0 Å². The molecule has 0 spiro atoms. The van der Waals surface area contributed by atoms with Gasteiger partial charge >= 0.3 is 0 Å². The van der Waals surface area contributed by atoms with Crippen molar-refractivity contribution in [1.29, 1.82) is 5.26 Å². The molecule has 2 aromatic heterocycles. The molecule has 1 saturated heterocycles. The molecule has 5 nitrogen and oxygen atoms in total. The number of nitriles is 1. The molecular weight excluding hydrogens is 360 g/mol. The van der Waals surface area contributed by atoms with Gasteiger partial charge in [-0.25, -0.2) is 4.98 Å². The van der Waals surface area contributed by atoms with Crippen LogP contribution in [0.5, 0.6) is 5.75 Å². The number of fused-ring (bicyclic) bond motifs is 1. The fourth-order valence-electron chi connectivity index (χ4n) is 3.37. The molecule has 0 saturated carbocycles. The third-order valence-electron chi connectivity index (χ3n) is 4.68. The van der Waals surface area contributed by atoms with Crippen LogP contribution < -0.4 is 9.64 Å². The van der Waals surface area contributed by atoms with Crippen molar-refractivity contribution in [3.05, 3.63) is 59.5 Å². The van der Waals surface area contributed by atoms with Gasteiger partial charge in [0.1, 0.15) is 24.1 Å². The Bertz CT molecular complexity index is 976. The summed E-state index contributed by atoms with van der Waals surface area (Å²) in [5.41, 5.74) is 4.59. The van der Waals surface area contributed by atoms with E-state index in [0.717, 1.165) is 35.6 Å². The van der Waals surface area contributed by atoms with Gasteiger partial charge in [0.2, 0.25) is 0 Å². The number of anilines is 1. The average molecular weight is 381 g/mol. The first kappa shape index (κ1) is 18.9. The maximum absolute atomic E-state index is 8.81. The molecule has 0 unspecified atom stereocenters. The van der Waals surface area contributed by atoms with E-state index in [1.54, 1.807) is 12.3 Å². The Hall–Kier alpha value is -2.84. The molecule has 1 aliphatic rings. The average Bonchev–Trinajstić information content (AvgIpc) is 3.20. The van der Waals surface area contributed by atoms with Crippen molar-refractivity contribution in [2.45, 2.75) is 26.4 Å². The van der Waals surface area contributed by atoms with Gasteiger partial charge in [-0.3, -0.25) is 4.98 Å². The summed E-state index contributed by atoms with van der Waals surface area (Å²) in [6, 6.07) is 13.9. The summed E-state index contributed by atoms with van der Waals surface area (Å²) in [5, 5.41) is 9.98. The van der Waals surface area contributed by atoms with Crippen LogP contribution in [-0.4, -0.2) is 23.1 Å². The van der Waals surface area contributed by atoms with Gasteiger partial charge in [0, 0.05) is 47.7 Å². The second kappa shape index (κ2) is 8.24. The first-order chi connectivity index (χ1) is 12.7. The van der Waals surface area contributed by atoms with E-state index in [1.165, 1.54) is 23.9 Å². The lowest BCUT2D eigenvalue weighted by atomic mass is 10.1. The van der Waals surface area contributed by atoms with E-state index >= 15 is 0 Å². The minimum atomic E-state index is 0. The van der Waals surface area contributed by atoms with Crippen molar-refractivity contribution in [1.82, 2.24) is 9.97 Å². The minimum Gasteiger partial charge on any atom is -0.489 e. The number of rotatable bonds is 4. The van der Waals surface area contributed by atoms with Gasteiger partial charge < -0.3 is 9.64 Å². The van der Waals surface area contributed by atoms with E-state index in [0.29, 0.717) is 12.3 Å². The lowest BCUT2D eigenvalue weighted by molar-refractivity contribution is 0.306. The van der Waals surface area contributed by atoms with Crippen molar-refractivity contribution >= 4 is 29.0 Å². The van der Waals surface area contributed by atoms with Crippen molar-refractivity contribution in [3.8, 4) is 11.8 Å². The van der Waals surface area contributed by atoms with Gasteiger partial charge in [-0.15, -0.1) is 12.4 Å². The molecule has 0 N–H and O–H groups in total. The molecule has 0 amide bonds. The van der Waals surface area contributed by atoms with Crippen LogP contribution in [-0.2, 0) is 6.61 Å². The summed E-state index contributed by atoms with van der Waals surface area (Å²) in [7, 11) is 0. The number of halogens is 1. The standard InChI is InChI=1S/C21H20N4O.ClH/c1-15-10-21(25-8-2-3-9-25)19-7-6-18(11-20(19)24-15)26-14-16-4-5-17(12-22)23-13-16;/h4-7,10-11,13H,2-3,8-9,14H2,1H3;1H. The number of nitrogens with zero attached hydrogens (tertiary/aromatic N) is 4. The summed E-state index contributed by atoms with van der Waals surface area (Å²) in [6.45, 7) is 4.68. The predicted molar refractivity (Wildman–Crippen MR) is 108 cm³/mol. The van der Waals surface area contributed by atoms with E-state index in [2.05, 4.69) is 22.0 Å². The second-order valence-electron chi connectivity index (χ2n) is 6.61. The zero-order valence-electron chi connectivity index (χ0n) is 15.2. The maximum atomic E-state index is 8.81. The SMILES string of the molecule is Cc1cc(N2CCCC2)c2ccc(OCc3ccc(C#N)nc3)cc2n1.Cl. The number of hydrogen-bond donors (Lipinski definition) is 0. The minimum absolute atomic E-state index is 0. The first-order valence-electron chi connectivity index (χ1n) is 8.87. The van der Waals surface area contributed by atoms with Crippen LogP contribution in [0.3, 0.4) is 0 Å². The van der Waals surface area contributed by atoms with Gasteiger partial charge in [-0.2, -0.15) is 5.26 Å². The Kier molecular flexibility index (Phi) is 5.78. The molecule has 6 heteroatoms. The third kappa shape index (κ3) is 4.12. The number of aromatic nitrogens is 2. The number of hydrogen-bond acceptors (Lipinski definition) is 5. The Morgan fingerprint density at radius 1 is 1.15 bits per heavy atom. The molecule has 138 valence electrons. The van der Waals surface area contributed by atoms with Gasteiger partial charge in [0.25, 0.3) is 0 Å². The zero-order chi connectivity index (χ0) is 17.9. The third-order valence-corrected chi connectivity index (χ3v) is 4.68. The first-order valence-corrected chi connectivity index (χ1v) is 8.87. The Labute approximate surface area is 165 Å². The highest BCUT2D eigenvalue weighted by molar-refractivity contribution is 5.93. The highest BCUT2D eigenvalue weighted by atomic mass is 35.5. The molecule has 1 aromatic carbocycles. The molecule has 27 heavy (non-hydrogen) atoms. The van der Waals surface area contributed by atoms with Gasteiger partial charge in [-0.1, -0.05) is 6.07 Å². The molecule has 0 atom stereocenters. The van der Waals surface area contributed by atoms with Crippen LogP contribution >= 0.6 is 12.4 Å².